The first kappa shape index (κ1) is 16.8. The topological polar surface area (TPSA) is 29.5 Å². The summed E-state index contributed by atoms with van der Waals surface area (Å²) in [7, 11) is 1.66. The van der Waals surface area contributed by atoms with Gasteiger partial charge in [0.05, 0.1) is 12.2 Å². The van der Waals surface area contributed by atoms with Crippen LogP contribution in [0.25, 0.3) is 0 Å². The molecule has 1 aromatic rings. The van der Waals surface area contributed by atoms with E-state index in [0.29, 0.717) is 25.5 Å². The van der Waals surface area contributed by atoms with Gasteiger partial charge in [-0.3, -0.25) is 4.79 Å². The van der Waals surface area contributed by atoms with E-state index in [-0.39, 0.29) is 11.3 Å². The van der Waals surface area contributed by atoms with Crippen LogP contribution in [0, 0.1) is 11.7 Å². The summed E-state index contributed by atoms with van der Waals surface area (Å²) >= 11 is 0. The highest BCUT2D eigenvalue weighted by atomic mass is 19.1. The maximum Gasteiger partial charge on any atom is 0.167 e. The number of Topliss-reactive ketones (excluding diaryl/α,β-unsaturated/α-hetero) is 1. The van der Waals surface area contributed by atoms with Crippen molar-refractivity contribution in [2.45, 2.75) is 20.3 Å². The van der Waals surface area contributed by atoms with Gasteiger partial charge in [0, 0.05) is 33.2 Å². The molecule has 0 amide bonds. The Kier molecular flexibility index (Phi) is 7.41. The number of hydrogen-bond donors (Lipinski definition) is 0. The molecule has 0 unspecified atom stereocenters. The molecule has 0 heterocycles. The lowest BCUT2D eigenvalue weighted by molar-refractivity contribution is 0.0938. The largest absolute Gasteiger partial charge is 0.383 e. The summed E-state index contributed by atoms with van der Waals surface area (Å²) < 4.78 is 18.6. The first-order valence-electron chi connectivity index (χ1n) is 7.03. The Labute approximate surface area is 120 Å². The van der Waals surface area contributed by atoms with Gasteiger partial charge in [-0.15, -0.1) is 0 Å². The number of carbonyl (C=O) groups is 1. The number of nitrogens with zero attached hydrogens (tertiary/aromatic N) is 1. The Morgan fingerprint density at radius 2 is 2.00 bits per heavy atom. The maximum absolute atomic E-state index is 13.5. The summed E-state index contributed by atoms with van der Waals surface area (Å²) in [5.74, 6) is -0.0607. The number of methoxy groups -OCH3 is 1. The number of benzene rings is 1. The highest BCUT2D eigenvalue weighted by Gasteiger charge is 2.13. The van der Waals surface area contributed by atoms with Crippen molar-refractivity contribution in [3.8, 4) is 0 Å². The average Bonchev–Trinajstić information content (AvgIpc) is 2.41. The van der Waals surface area contributed by atoms with Crippen LogP contribution in [0.4, 0.5) is 4.39 Å². The quantitative estimate of drug-likeness (QED) is 0.652. The summed E-state index contributed by atoms with van der Waals surface area (Å²) in [5, 5.41) is 0. The lowest BCUT2D eigenvalue weighted by Crippen LogP contribution is -2.33. The van der Waals surface area contributed by atoms with E-state index in [1.807, 2.05) is 0 Å². The van der Waals surface area contributed by atoms with Crippen LogP contribution < -0.4 is 0 Å². The van der Waals surface area contributed by atoms with E-state index < -0.39 is 5.82 Å². The van der Waals surface area contributed by atoms with Crippen LogP contribution in [0.2, 0.25) is 0 Å². The van der Waals surface area contributed by atoms with Gasteiger partial charge in [-0.05, 0) is 18.1 Å². The minimum Gasteiger partial charge on any atom is -0.383 e. The fourth-order valence-corrected chi connectivity index (χ4v) is 2.11. The van der Waals surface area contributed by atoms with Gasteiger partial charge in [0.25, 0.3) is 0 Å². The Balaban J connectivity index is 2.53. The molecular formula is C16H24FNO2. The smallest absolute Gasteiger partial charge is 0.167 e. The molecule has 0 radical (unpaired) electrons. The predicted octanol–water partition coefficient (Wildman–Crippen LogP) is 3.00. The van der Waals surface area contributed by atoms with Gasteiger partial charge in [0.2, 0.25) is 0 Å². The van der Waals surface area contributed by atoms with Crippen molar-refractivity contribution in [2.75, 3.05) is 33.4 Å². The SMILES string of the molecule is COCCN(CCC(=O)c1ccccc1F)CC(C)C. The first-order chi connectivity index (χ1) is 9.54. The summed E-state index contributed by atoms with van der Waals surface area (Å²) in [4.78, 5) is 14.2. The minimum absolute atomic E-state index is 0.144. The molecule has 0 N–H and O–H groups in total. The van der Waals surface area contributed by atoms with Crippen molar-refractivity contribution in [1.29, 1.82) is 0 Å². The van der Waals surface area contributed by atoms with Crippen LogP contribution in [0.5, 0.6) is 0 Å². The van der Waals surface area contributed by atoms with Gasteiger partial charge in [0.15, 0.2) is 5.78 Å². The Morgan fingerprint density at radius 1 is 1.30 bits per heavy atom. The lowest BCUT2D eigenvalue weighted by atomic mass is 10.1. The molecular weight excluding hydrogens is 257 g/mol. The van der Waals surface area contributed by atoms with Gasteiger partial charge in [0.1, 0.15) is 5.82 Å². The fourth-order valence-electron chi connectivity index (χ4n) is 2.11. The molecule has 0 atom stereocenters. The van der Waals surface area contributed by atoms with Crippen LogP contribution in [0.1, 0.15) is 30.6 Å². The normalized spacial score (nSPS) is 11.3. The number of halogens is 1. The zero-order valence-corrected chi connectivity index (χ0v) is 12.6. The van der Waals surface area contributed by atoms with Gasteiger partial charge in [-0.25, -0.2) is 4.39 Å². The molecule has 4 heteroatoms. The molecule has 112 valence electrons. The highest BCUT2D eigenvalue weighted by Crippen LogP contribution is 2.10. The molecule has 0 spiro atoms. The van der Waals surface area contributed by atoms with Crippen molar-refractivity contribution in [2.24, 2.45) is 5.92 Å². The van der Waals surface area contributed by atoms with Crippen molar-refractivity contribution in [3.05, 3.63) is 35.6 Å². The van der Waals surface area contributed by atoms with Crippen molar-refractivity contribution in [3.63, 3.8) is 0 Å². The number of ketones is 1. The van der Waals surface area contributed by atoms with Crippen molar-refractivity contribution in [1.82, 2.24) is 4.90 Å². The molecule has 0 aliphatic heterocycles. The lowest BCUT2D eigenvalue weighted by Gasteiger charge is -2.23. The van der Waals surface area contributed by atoms with E-state index in [0.717, 1.165) is 13.1 Å². The van der Waals surface area contributed by atoms with E-state index in [9.17, 15) is 9.18 Å². The summed E-state index contributed by atoms with van der Waals surface area (Å²) in [5.41, 5.74) is 0.184. The number of hydrogen-bond acceptors (Lipinski definition) is 3. The van der Waals surface area contributed by atoms with Crippen molar-refractivity contribution < 1.29 is 13.9 Å². The van der Waals surface area contributed by atoms with E-state index in [4.69, 9.17) is 4.74 Å². The number of ether oxygens (including phenoxy) is 1. The first-order valence-corrected chi connectivity index (χ1v) is 7.03. The Hall–Kier alpha value is -1.26. The molecule has 0 aliphatic rings. The minimum atomic E-state index is -0.440. The molecule has 20 heavy (non-hydrogen) atoms. The molecule has 0 bridgehead atoms. The third kappa shape index (κ3) is 5.80. The average molecular weight is 281 g/mol. The molecule has 3 nitrogen and oxygen atoms in total. The van der Waals surface area contributed by atoms with Gasteiger partial charge in [-0.2, -0.15) is 0 Å². The van der Waals surface area contributed by atoms with E-state index in [1.54, 1.807) is 25.3 Å². The highest BCUT2D eigenvalue weighted by molar-refractivity contribution is 5.96. The summed E-state index contributed by atoms with van der Waals surface area (Å²) in [6.45, 7) is 7.25. The van der Waals surface area contributed by atoms with Crippen LogP contribution >= 0.6 is 0 Å². The third-order valence-electron chi connectivity index (χ3n) is 3.06. The Bertz CT molecular complexity index is 421. The van der Waals surface area contributed by atoms with Gasteiger partial charge < -0.3 is 9.64 Å². The Morgan fingerprint density at radius 3 is 2.60 bits per heavy atom. The zero-order valence-electron chi connectivity index (χ0n) is 12.6. The fraction of sp³-hybridized carbons (Fsp3) is 0.562. The maximum atomic E-state index is 13.5. The molecule has 0 aliphatic carbocycles. The van der Waals surface area contributed by atoms with Gasteiger partial charge in [-0.1, -0.05) is 26.0 Å². The standard InChI is InChI=1S/C16H24FNO2/c1-13(2)12-18(10-11-20-3)9-8-16(19)14-6-4-5-7-15(14)17/h4-7,13H,8-12H2,1-3H3. The molecule has 1 aromatic carbocycles. The molecule has 0 saturated carbocycles. The van der Waals surface area contributed by atoms with Gasteiger partial charge >= 0.3 is 0 Å². The molecule has 1 rings (SSSR count). The van der Waals surface area contributed by atoms with Crippen LogP contribution in [-0.4, -0.2) is 44.0 Å². The van der Waals surface area contributed by atoms with Crippen molar-refractivity contribution >= 4 is 5.78 Å². The number of rotatable bonds is 9. The second-order valence-electron chi connectivity index (χ2n) is 5.34. The molecule has 0 saturated heterocycles. The zero-order chi connectivity index (χ0) is 15.0. The molecule has 0 fully saturated rings. The predicted molar refractivity (Wildman–Crippen MR) is 78.5 cm³/mol. The van der Waals surface area contributed by atoms with Crippen LogP contribution in [-0.2, 0) is 4.74 Å². The van der Waals surface area contributed by atoms with E-state index >= 15 is 0 Å². The molecule has 0 aromatic heterocycles. The second kappa shape index (κ2) is 8.82. The summed E-state index contributed by atoms with van der Waals surface area (Å²) in [6.07, 6.45) is 0.331. The van der Waals surface area contributed by atoms with Crippen LogP contribution in [0.15, 0.2) is 24.3 Å². The van der Waals surface area contributed by atoms with E-state index in [1.165, 1.54) is 6.07 Å². The second-order valence-corrected chi connectivity index (χ2v) is 5.34. The third-order valence-corrected chi connectivity index (χ3v) is 3.06. The van der Waals surface area contributed by atoms with Crippen LogP contribution in [0.3, 0.4) is 0 Å². The summed E-state index contributed by atoms with van der Waals surface area (Å²) in [6, 6.07) is 6.15. The number of carbonyl (C=O) groups excluding carboxylic acids is 1. The van der Waals surface area contributed by atoms with E-state index in [2.05, 4.69) is 18.7 Å². The monoisotopic (exact) mass is 281 g/mol.